The Labute approximate surface area is 247 Å². The molecular weight excluding hydrogens is 554 g/mol. The minimum absolute atomic E-state index is 0.179. The number of methoxy groups -OCH3 is 2. The number of carbonyl (C=O) groups is 2. The third kappa shape index (κ3) is 5.84. The highest BCUT2D eigenvalue weighted by atomic mass is 35.5. The average Bonchev–Trinajstić information content (AvgIpc) is 3.42. The first kappa shape index (κ1) is 28.4. The molecule has 0 saturated carbocycles. The van der Waals surface area contributed by atoms with Crippen LogP contribution >= 0.6 is 11.6 Å². The number of aromatic nitrogens is 1. The Kier molecular flexibility index (Phi) is 8.55. The van der Waals surface area contributed by atoms with Crippen LogP contribution in [0.3, 0.4) is 0 Å². The molecule has 42 heavy (non-hydrogen) atoms. The van der Waals surface area contributed by atoms with E-state index in [0.717, 1.165) is 34.0 Å². The number of H-pyrrole nitrogens is 1. The van der Waals surface area contributed by atoms with Crippen molar-refractivity contribution >= 4 is 40.6 Å². The van der Waals surface area contributed by atoms with Crippen molar-refractivity contribution < 1.29 is 23.8 Å². The number of carbonyl (C=O) groups excluding carboxylic acids is 2. The van der Waals surface area contributed by atoms with Gasteiger partial charge in [-0.05, 0) is 59.5 Å². The van der Waals surface area contributed by atoms with Crippen LogP contribution in [0.25, 0.3) is 22.0 Å². The van der Waals surface area contributed by atoms with Crippen LogP contribution in [0.1, 0.15) is 38.9 Å². The lowest BCUT2D eigenvalue weighted by molar-refractivity contribution is 0.0726. The number of para-hydroxylation sites is 1. The van der Waals surface area contributed by atoms with Crippen LogP contribution in [0.5, 0.6) is 17.2 Å². The minimum atomic E-state index is -0.653. The summed E-state index contributed by atoms with van der Waals surface area (Å²) in [7, 11) is 2.91. The Hall–Kier alpha value is -5.08. The van der Waals surface area contributed by atoms with E-state index < -0.39 is 5.97 Å². The Morgan fingerprint density at radius 1 is 0.905 bits per heavy atom. The molecule has 0 spiro atoms. The fraction of sp³-hybridized carbons (Fsp3) is 0.121. The number of hydrazone groups is 1. The van der Waals surface area contributed by atoms with Gasteiger partial charge >= 0.3 is 5.97 Å². The van der Waals surface area contributed by atoms with E-state index in [1.807, 2.05) is 48.5 Å². The zero-order chi connectivity index (χ0) is 29.6. The number of nitrogens with one attached hydrogen (secondary N) is 2. The maximum absolute atomic E-state index is 13.3. The van der Waals surface area contributed by atoms with Crippen molar-refractivity contribution in [2.45, 2.75) is 13.3 Å². The standard InChI is InChI=1S/C33H28ClN3O5/c1-4-21-11-8-12-24-29(22-9-6-5-7-10-22)31(36-30(21)24)32(38)37-35-19-20-13-15-27(28(17-20)41-3)42-33(39)25-18-23(34)14-16-26(25)40-2/h5-19,36H,4H2,1-3H3,(H,37,38). The molecule has 0 aliphatic carbocycles. The van der Waals surface area contributed by atoms with Crippen LogP contribution in [0.4, 0.5) is 0 Å². The average molecular weight is 582 g/mol. The number of esters is 1. The molecule has 9 heteroatoms. The zero-order valence-corrected chi connectivity index (χ0v) is 24.0. The van der Waals surface area contributed by atoms with Gasteiger partial charge < -0.3 is 19.2 Å². The molecule has 0 atom stereocenters. The summed E-state index contributed by atoms with van der Waals surface area (Å²) in [6, 6.07) is 25.4. The van der Waals surface area contributed by atoms with Gasteiger partial charge in [-0.25, -0.2) is 10.2 Å². The molecule has 0 aliphatic heterocycles. The molecular formula is C33H28ClN3O5. The Morgan fingerprint density at radius 3 is 2.40 bits per heavy atom. The summed E-state index contributed by atoms with van der Waals surface area (Å²) in [5.41, 5.74) is 7.63. The van der Waals surface area contributed by atoms with E-state index in [1.54, 1.807) is 30.3 Å². The number of ether oxygens (including phenoxy) is 3. The van der Waals surface area contributed by atoms with Gasteiger partial charge in [-0.3, -0.25) is 4.79 Å². The van der Waals surface area contributed by atoms with Gasteiger partial charge in [-0.1, -0.05) is 67.1 Å². The number of nitrogens with zero attached hydrogens (tertiary/aromatic N) is 1. The van der Waals surface area contributed by atoms with E-state index in [1.165, 1.54) is 26.5 Å². The third-order valence-corrected chi connectivity index (χ3v) is 6.98. The van der Waals surface area contributed by atoms with E-state index in [4.69, 9.17) is 25.8 Å². The number of halogens is 1. The van der Waals surface area contributed by atoms with Crippen molar-refractivity contribution in [3.63, 3.8) is 0 Å². The third-order valence-electron chi connectivity index (χ3n) is 6.74. The first-order chi connectivity index (χ1) is 20.4. The van der Waals surface area contributed by atoms with Crippen molar-refractivity contribution in [1.82, 2.24) is 10.4 Å². The number of hydrogen-bond acceptors (Lipinski definition) is 6. The first-order valence-electron chi connectivity index (χ1n) is 13.2. The molecule has 5 rings (SSSR count). The summed E-state index contributed by atoms with van der Waals surface area (Å²) in [5.74, 6) is -0.202. The lowest BCUT2D eigenvalue weighted by Crippen LogP contribution is -2.19. The molecule has 0 saturated heterocycles. The first-order valence-corrected chi connectivity index (χ1v) is 13.6. The maximum Gasteiger partial charge on any atom is 0.347 e. The second kappa shape index (κ2) is 12.6. The van der Waals surface area contributed by atoms with Crippen LogP contribution in [0, 0.1) is 0 Å². The van der Waals surface area contributed by atoms with Crippen molar-refractivity contribution in [2.75, 3.05) is 14.2 Å². The van der Waals surface area contributed by atoms with E-state index in [2.05, 4.69) is 22.4 Å². The molecule has 212 valence electrons. The monoisotopic (exact) mass is 581 g/mol. The molecule has 0 aliphatic rings. The summed E-state index contributed by atoms with van der Waals surface area (Å²) in [5, 5.41) is 5.52. The molecule has 1 amide bonds. The number of fused-ring (bicyclic) bond motifs is 1. The number of aryl methyl sites for hydroxylation is 1. The smallest absolute Gasteiger partial charge is 0.347 e. The van der Waals surface area contributed by atoms with Crippen LogP contribution in [-0.2, 0) is 6.42 Å². The molecule has 0 bridgehead atoms. The van der Waals surface area contributed by atoms with Gasteiger partial charge in [0.1, 0.15) is 17.0 Å². The van der Waals surface area contributed by atoms with Gasteiger partial charge in [0.2, 0.25) is 0 Å². The maximum atomic E-state index is 13.3. The lowest BCUT2D eigenvalue weighted by Gasteiger charge is -2.12. The summed E-state index contributed by atoms with van der Waals surface area (Å²) < 4.78 is 16.2. The normalized spacial score (nSPS) is 11.0. The van der Waals surface area contributed by atoms with Crippen molar-refractivity contribution in [3.8, 4) is 28.4 Å². The molecule has 4 aromatic carbocycles. The van der Waals surface area contributed by atoms with E-state index in [0.29, 0.717) is 27.8 Å². The van der Waals surface area contributed by atoms with Crippen molar-refractivity contribution in [3.05, 3.63) is 112 Å². The van der Waals surface area contributed by atoms with Crippen LogP contribution in [0.15, 0.2) is 90.0 Å². The summed E-state index contributed by atoms with van der Waals surface area (Å²) >= 11 is 6.05. The van der Waals surface area contributed by atoms with Crippen LogP contribution in [0.2, 0.25) is 5.02 Å². The fourth-order valence-corrected chi connectivity index (χ4v) is 4.88. The predicted molar refractivity (Wildman–Crippen MR) is 164 cm³/mol. The molecule has 2 N–H and O–H groups in total. The number of benzene rings is 4. The molecule has 1 aromatic heterocycles. The highest BCUT2D eigenvalue weighted by molar-refractivity contribution is 6.31. The molecule has 1 heterocycles. The topological polar surface area (TPSA) is 102 Å². The second-order valence-electron chi connectivity index (χ2n) is 9.28. The van der Waals surface area contributed by atoms with Crippen molar-refractivity contribution in [1.29, 1.82) is 0 Å². The van der Waals surface area contributed by atoms with Crippen LogP contribution < -0.4 is 19.6 Å². The largest absolute Gasteiger partial charge is 0.496 e. The van der Waals surface area contributed by atoms with E-state index in [9.17, 15) is 9.59 Å². The molecule has 0 fully saturated rings. The van der Waals surface area contributed by atoms with Gasteiger partial charge in [-0.15, -0.1) is 0 Å². The molecule has 0 unspecified atom stereocenters. The minimum Gasteiger partial charge on any atom is -0.496 e. The number of hydrogen-bond donors (Lipinski definition) is 2. The highest BCUT2D eigenvalue weighted by Crippen LogP contribution is 2.34. The highest BCUT2D eigenvalue weighted by Gasteiger charge is 2.21. The predicted octanol–water partition coefficient (Wildman–Crippen LogP) is 7.05. The number of rotatable bonds is 9. The molecule has 0 radical (unpaired) electrons. The zero-order valence-electron chi connectivity index (χ0n) is 23.2. The number of aromatic amines is 1. The molecule has 8 nitrogen and oxygen atoms in total. The van der Waals surface area contributed by atoms with Gasteiger partial charge in [-0.2, -0.15) is 5.10 Å². The fourth-order valence-electron chi connectivity index (χ4n) is 4.71. The van der Waals surface area contributed by atoms with Gasteiger partial charge in [0.15, 0.2) is 11.5 Å². The second-order valence-corrected chi connectivity index (χ2v) is 9.71. The Balaban J connectivity index is 1.36. The SMILES string of the molecule is CCc1cccc2c(-c3ccccc3)c(C(=O)NN=Cc3ccc(OC(=O)c4cc(Cl)ccc4OC)c(OC)c3)[nH]c12. The summed E-state index contributed by atoms with van der Waals surface area (Å²) in [4.78, 5) is 29.5. The quantitative estimate of drug-likeness (QED) is 0.0840. The van der Waals surface area contributed by atoms with Crippen molar-refractivity contribution in [2.24, 2.45) is 5.10 Å². The molecule has 5 aromatic rings. The number of amides is 1. The van der Waals surface area contributed by atoms with Gasteiger partial charge in [0.05, 0.1) is 20.4 Å². The lowest BCUT2D eigenvalue weighted by atomic mass is 10.00. The van der Waals surface area contributed by atoms with Gasteiger partial charge in [0, 0.05) is 21.5 Å². The summed E-state index contributed by atoms with van der Waals surface area (Å²) in [6.45, 7) is 2.08. The van der Waals surface area contributed by atoms with E-state index in [-0.39, 0.29) is 17.2 Å². The van der Waals surface area contributed by atoms with E-state index >= 15 is 0 Å². The summed E-state index contributed by atoms with van der Waals surface area (Å²) in [6.07, 6.45) is 2.30. The van der Waals surface area contributed by atoms with Crippen LogP contribution in [-0.4, -0.2) is 37.3 Å². The van der Waals surface area contributed by atoms with Gasteiger partial charge in [0.25, 0.3) is 5.91 Å². The Bertz CT molecular complexity index is 1800. The Morgan fingerprint density at radius 2 is 1.67 bits per heavy atom.